The van der Waals surface area contributed by atoms with Crippen molar-refractivity contribution in [3.05, 3.63) is 224 Å². The molecular formula is C59H38N4O. The number of aromatic nitrogens is 4. The van der Waals surface area contributed by atoms with Crippen LogP contribution in [0.1, 0.15) is 11.6 Å². The number of ether oxygens (including phenoxy) is 1. The number of rotatable bonds is 6. The lowest BCUT2D eigenvalue weighted by Crippen LogP contribution is -2.27. The lowest BCUT2D eigenvalue weighted by atomic mass is 9.90. The highest BCUT2D eigenvalue weighted by molar-refractivity contribution is 6.24. The van der Waals surface area contributed by atoms with Gasteiger partial charge in [-0.25, -0.2) is 15.0 Å². The fourth-order valence-corrected chi connectivity index (χ4v) is 10.1. The van der Waals surface area contributed by atoms with E-state index in [9.17, 15) is 0 Å². The van der Waals surface area contributed by atoms with Gasteiger partial charge in [-0.05, 0) is 74.1 Å². The average molecular weight is 819 g/mol. The molecule has 300 valence electrons. The summed E-state index contributed by atoms with van der Waals surface area (Å²) in [4.78, 5) is 15.5. The zero-order valence-corrected chi connectivity index (χ0v) is 34.6. The minimum Gasteiger partial charge on any atom is -0.483 e. The summed E-state index contributed by atoms with van der Waals surface area (Å²) in [6, 6.07) is 70.7. The normalized spacial score (nSPS) is 15.3. The van der Waals surface area contributed by atoms with Crippen molar-refractivity contribution >= 4 is 48.9 Å². The minimum absolute atomic E-state index is 0.168. The van der Waals surface area contributed by atoms with Gasteiger partial charge in [0.1, 0.15) is 11.9 Å². The molecule has 1 aliphatic carbocycles. The van der Waals surface area contributed by atoms with E-state index in [1.54, 1.807) is 0 Å². The van der Waals surface area contributed by atoms with Crippen molar-refractivity contribution in [3.63, 3.8) is 0 Å². The summed E-state index contributed by atoms with van der Waals surface area (Å²) in [5.41, 5.74) is 12.0. The fraction of sp³-hybridized carbons (Fsp3) is 0.0339. The zero-order chi connectivity index (χ0) is 42.1. The summed E-state index contributed by atoms with van der Waals surface area (Å²) in [5.74, 6) is 2.67. The van der Waals surface area contributed by atoms with Crippen LogP contribution in [-0.4, -0.2) is 25.6 Å². The molecule has 0 N–H and O–H groups in total. The molecule has 64 heavy (non-hydrogen) atoms. The second-order valence-electron chi connectivity index (χ2n) is 16.6. The molecule has 9 aromatic carbocycles. The number of hydrogen-bond donors (Lipinski definition) is 0. The quantitative estimate of drug-likeness (QED) is 0.168. The van der Waals surface area contributed by atoms with Crippen LogP contribution in [0.4, 0.5) is 0 Å². The van der Waals surface area contributed by atoms with Crippen LogP contribution < -0.4 is 4.74 Å². The summed E-state index contributed by atoms with van der Waals surface area (Å²) < 4.78 is 9.69. The fourth-order valence-electron chi connectivity index (χ4n) is 10.1. The van der Waals surface area contributed by atoms with Crippen molar-refractivity contribution in [2.75, 3.05) is 0 Å². The molecule has 0 spiro atoms. The molecule has 0 amide bonds. The number of hydrogen-bond acceptors (Lipinski definition) is 4. The third kappa shape index (κ3) is 5.82. The van der Waals surface area contributed by atoms with Crippen molar-refractivity contribution in [1.82, 2.24) is 19.5 Å². The second kappa shape index (κ2) is 14.6. The molecule has 0 saturated carbocycles. The minimum atomic E-state index is -0.309. The molecule has 2 aliphatic rings. The number of allylic oxidation sites excluding steroid dienone is 2. The first-order chi connectivity index (χ1) is 31.7. The Labute approximate surface area is 369 Å². The second-order valence-corrected chi connectivity index (χ2v) is 16.6. The van der Waals surface area contributed by atoms with E-state index in [2.05, 4.69) is 205 Å². The van der Waals surface area contributed by atoms with Crippen LogP contribution >= 0.6 is 0 Å². The van der Waals surface area contributed by atoms with Gasteiger partial charge in [0.05, 0.1) is 11.6 Å². The van der Waals surface area contributed by atoms with E-state index >= 15 is 0 Å². The molecule has 13 rings (SSSR count). The monoisotopic (exact) mass is 818 g/mol. The van der Waals surface area contributed by atoms with E-state index < -0.39 is 0 Å². The van der Waals surface area contributed by atoms with Crippen LogP contribution in [0.25, 0.3) is 105 Å². The molecule has 1 aliphatic heterocycles. The lowest BCUT2D eigenvalue weighted by Gasteiger charge is -2.27. The van der Waals surface area contributed by atoms with Gasteiger partial charge in [0.25, 0.3) is 0 Å². The molecule has 0 bridgehead atoms. The first-order valence-corrected chi connectivity index (χ1v) is 21.8. The highest BCUT2D eigenvalue weighted by Gasteiger charge is 2.39. The van der Waals surface area contributed by atoms with Gasteiger partial charge in [0.2, 0.25) is 0 Å². The largest absolute Gasteiger partial charge is 0.483 e. The van der Waals surface area contributed by atoms with Gasteiger partial charge >= 0.3 is 0 Å². The van der Waals surface area contributed by atoms with E-state index in [1.807, 2.05) is 18.2 Å². The number of nitrogens with zero attached hydrogens (tertiary/aromatic N) is 4. The number of fused-ring (bicyclic) bond motifs is 9. The highest BCUT2D eigenvalue weighted by Crippen LogP contribution is 2.51. The summed E-state index contributed by atoms with van der Waals surface area (Å²) in [6.07, 6.45) is 6.40. The van der Waals surface area contributed by atoms with Crippen molar-refractivity contribution in [2.24, 2.45) is 0 Å². The molecule has 2 unspecified atom stereocenters. The Morgan fingerprint density at radius 2 is 1.08 bits per heavy atom. The summed E-state index contributed by atoms with van der Waals surface area (Å²) >= 11 is 0. The average Bonchev–Trinajstić information content (AvgIpc) is 3.92. The molecular weight excluding hydrogens is 781 g/mol. The summed E-state index contributed by atoms with van der Waals surface area (Å²) in [6.45, 7) is 0. The van der Waals surface area contributed by atoms with E-state index in [0.29, 0.717) is 17.5 Å². The lowest BCUT2D eigenvalue weighted by molar-refractivity contribution is 0.232. The zero-order valence-electron chi connectivity index (χ0n) is 34.6. The Morgan fingerprint density at radius 1 is 0.422 bits per heavy atom. The van der Waals surface area contributed by atoms with Gasteiger partial charge in [0, 0.05) is 44.1 Å². The summed E-state index contributed by atoms with van der Waals surface area (Å²) in [7, 11) is 0. The molecule has 2 atom stereocenters. The smallest absolute Gasteiger partial charge is 0.164 e. The molecule has 2 aromatic heterocycles. The van der Waals surface area contributed by atoms with E-state index in [-0.39, 0.29) is 12.1 Å². The first kappa shape index (κ1) is 36.3. The van der Waals surface area contributed by atoms with Crippen LogP contribution in [0, 0.1) is 0 Å². The van der Waals surface area contributed by atoms with Crippen LogP contribution in [0.5, 0.6) is 5.75 Å². The van der Waals surface area contributed by atoms with Gasteiger partial charge in [-0.3, -0.25) is 0 Å². The third-order valence-corrected chi connectivity index (χ3v) is 13.0. The van der Waals surface area contributed by atoms with E-state index in [1.165, 1.54) is 54.7 Å². The molecule has 3 heterocycles. The Kier molecular flexibility index (Phi) is 8.28. The third-order valence-electron chi connectivity index (χ3n) is 13.0. The van der Waals surface area contributed by atoms with Crippen molar-refractivity contribution in [3.8, 4) is 62.2 Å². The maximum Gasteiger partial charge on any atom is 0.164 e. The number of benzene rings is 9. The van der Waals surface area contributed by atoms with Gasteiger partial charge in [0.15, 0.2) is 17.5 Å². The summed E-state index contributed by atoms with van der Waals surface area (Å²) in [5, 5.41) is 7.22. The van der Waals surface area contributed by atoms with Crippen LogP contribution in [-0.2, 0) is 0 Å². The van der Waals surface area contributed by atoms with E-state index in [4.69, 9.17) is 19.7 Å². The topological polar surface area (TPSA) is 52.8 Å². The molecule has 0 fully saturated rings. The van der Waals surface area contributed by atoms with Crippen LogP contribution in [0.15, 0.2) is 218 Å². The Bertz CT molecular complexity index is 3700. The Hall–Kier alpha value is -8.41. The maximum absolute atomic E-state index is 7.17. The Morgan fingerprint density at radius 3 is 1.88 bits per heavy atom. The predicted octanol–water partition coefficient (Wildman–Crippen LogP) is 14.6. The van der Waals surface area contributed by atoms with Crippen molar-refractivity contribution in [1.29, 1.82) is 0 Å². The SMILES string of the molecule is C1=CC(n2c3ccc(-c4ccccc4)cc3c3c4ccccc4c(-c4ccccc4)cc32)C2Oc3cccc(-c4nc(-c5ccccc5)nc(-c5ccc6ccccc6c5)n4)c3C2=C1. The Balaban J connectivity index is 0.996. The van der Waals surface area contributed by atoms with Crippen molar-refractivity contribution in [2.45, 2.75) is 12.1 Å². The molecule has 5 heteroatoms. The van der Waals surface area contributed by atoms with Gasteiger partial charge in [-0.15, -0.1) is 0 Å². The highest BCUT2D eigenvalue weighted by atomic mass is 16.5. The first-order valence-electron chi connectivity index (χ1n) is 21.8. The standard InChI is InChI=1S/C59H38N4O/c1-4-16-37(17-5-1)42-32-33-50-49(35-42)54-45-25-13-12-24-44(45)48(39-19-6-2-7-20-39)36-52(54)63(50)51-28-14-26-46-55-47(27-15-29-53(55)64-56(46)51)59-61-57(40-21-8-3-9-22-40)60-58(62-59)43-31-30-38-18-10-11-23-41(38)34-43/h1-36,51,56H. The van der Waals surface area contributed by atoms with Gasteiger partial charge < -0.3 is 9.30 Å². The van der Waals surface area contributed by atoms with Crippen molar-refractivity contribution < 1.29 is 4.74 Å². The maximum atomic E-state index is 7.17. The molecule has 0 radical (unpaired) electrons. The van der Waals surface area contributed by atoms with E-state index in [0.717, 1.165) is 44.5 Å². The predicted molar refractivity (Wildman–Crippen MR) is 262 cm³/mol. The van der Waals surface area contributed by atoms with Gasteiger partial charge in [-0.2, -0.15) is 0 Å². The molecule has 5 nitrogen and oxygen atoms in total. The van der Waals surface area contributed by atoms with Gasteiger partial charge in [-0.1, -0.05) is 188 Å². The van der Waals surface area contributed by atoms with Crippen LogP contribution in [0.2, 0.25) is 0 Å². The molecule has 11 aromatic rings. The van der Waals surface area contributed by atoms with Crippen LogP contribution in [0.3, 0.4) is 0 Å². The molecule has 0 saturated heterocycles.